The van der Waals surface area contributed by atoms with Crippen molar-refractivity contribution >= 4 is 5.91 Å². The van der Waals surface area contributed by atoms with Crippen LogP contribution in [0.4, 0.5) is 0 Å². The smallest absolute Gasteiger partial charge is 0.248 e. The molecule has 0 radical (unpaired) electrons. The topological polar surface area (TPSA) is 89.1 Å². The van der Waals surface area contributed by atoms with Crippen molar-refractivity contribution in [2.24, 2.45) is 0 Å². The maximum absolute atomic E-state index is 11.6. The maximum Gasteiger partial charge on any atom is 0.248 e. The molecule has 8 heteroatoms. The minimum Gasteiger partial charge on any atom is -0.387 e. The summed E-state index contributed by atoms with van der Waals surface area (Å²) in [5, 5.41) is 22.2. The Kier molecular flexibility index (Phi) is 4.05. The van der Waals surface area contributed by atoms with Gasteiger partial charge in [0.1, 0.15) is 19.0 Å². The molecule has 128 valence electrons. The SMILES string of the molecule is O=C(CO)N1CCC(c2nnc(Cn3cccn3)n2C2CC2)CC1. The second-order valence-electron chi connectivity index (χ2n) is 6.59. The number of hydrogen-bond donors (Lipinski definition) is 1. The van der Waals surface area contributed by atoms with E-state index in [0.717, 1.165) is 24.5 Å². The van der Waals surface area contributed by atoms with Gasteiger partial charge in [-0.25, -0.2) is 0 Å². The molecule has 0 bridgehead atoms. The third-order valence-corrected chi connectivity index (χ3v) is 4.92. The average Bonchev–Trinajstić information content (AvgIpc) is 3.16. The summed E-state index contributed by atoms with van der Waals surface area (Å²) < 4.78 is 4.17. The molecule has 1 amide bonds. The molecule has 24 heavy (non-hydrogen) atoms. The van der Waals surface area contributed by atoms with Crippen molar-refractivity contribution < 1.29 is 9.90 Å². The van der Waals surface area contributed by atoms with Gasteiger partial charge < -0.3 is 14.6 Å². The van der Waals surface area contributed by atoms with Gasteiger partial charge in [0.15, 0.2) is 5.82 Å². The van der Waals surface area contributed by atoms with Gasteiger partial charge in [-0.2, -0.15) is 5.10 Å². The van der Waals surface area contributed by atoms with Crippen LogP contribution in [0.15, 0.2) is 18.5 Å². The van der Waals surface area contributed by atoms with Gasteiger partial charge in [0.05, 0.1) is 0 Å². The molecule has 2 aromatic rings. The lowest BCUT2D eigenvalue weighted by atomic mass is 9.95. The van der Waals surface area contributed by atoms with E-state index < -0.39 is 6.61 Å². The fourth-order valence-corrected chi connectivity index (χ4v) is 3.48. The number of aromatic nitrogens is 5. The first-order chi connectivity index (χ1) is 11.8. The molecule has 1 aliphatic carbocycles. The highest BCUT2D eigenvalue weighted by atomic mass is 16.3. The van der Waals surface area contributed by atoms with Crippen molar-refractivity contribution in [2.45, 2.75) is 44.2 Å². The predicted molar refractivity (Wildman–Crippen MR) is 85.3 cm³/mol. The van der Waals surface area contributed by atoms with E-state index in [0.29, 0.717) is 31.6 Å². The number of carbonyl (C=O) groups excluding carboxylic acids is 1. The molecule has 8 nitrogen and oxygen atoms in total. The van der Waals surface area contributed by atoms with Crippen LogP contribution in [0.3, 0.4) is 0 Å². The first kappa shape index (κ1) is 15.3. The zero-order valence-corrected chi connectivity index (χ0v) is 13.6. The number of rotatable bonds is 5. The number of likely N-dealkylation sites (tertiary alicyclic amines) is 1. The van der Waals surface area contributed by atoms with Crippen molar-refractivity contribution in [1.29, 1.82) is 0 Å². The Balaban J connectivity index is 1.51. The van der Waals surface area contributed by atoms with Gasteiger partial charge in [0.25, 0.3) is 0 Å². The van der Waals surface area contributed by atoms with Crippen LogP contribution in [0, 0.1) is 0 Å². The van der Waals surface area contributed by atoms with Crippen molar-refractivity contribution in [1.82, 2.24) is 29.4 Å². The lowest BCUT2D eigenvalue weighted by molar-refractivity contribution is -0.135. The Morgan fingerprint density at radius 3 is 2.62 bits per heavy atom. The van der Waals surface area contributed by atoms with E-state index in [4.69, 9.17) is 5.11 Å². The summed E-state index contributed by atoms with van der Waals surface area (Å²) in [7, 11) is 0. The van der Waals surface area contributed by atoms with E-state index in [2.05, 4.69) is 19.9 Å². The maximum atomic E-state index is 11.6. The van der Waals surface area contributed by atoms with Crippen LogP contribution in [-0.4, -0.2) is 60.2 Å². The number of aliphatic hydroxyl groups excluding tert-OH is 1. The quantitative estimate of drug-likeness (QED) is 0.865. The normalized spacial score (nSPS) is 19.0. The van der Waals surface area contributed by atoms with Gasteiger partial charge in [-0.05, 0) is 31.7 Å². The fraction of sp³-hybridized carbons (Fsp3) is 0.625. The molecule has 1 saturated heterocycles. The summed E-state index contributed by atoms with van der Waals surface area (Å²) in [4.78, 5) is 13.3. The third kappa shape index (κ3) is 2.93. The summed E-state index contributed by atoms with van der Waals surface area (Å²) in [6.45, 7) is 1.58. The van der Waals surface area contributed by atoms with Gasteiger partial charge in [-0.1, -0.05) is 0 Å². The van der Waals surface area contributed by atoms with E-state index in [9.17, 15) is 4.79 Å². The highest BCUT2D eigenvalue weighted by Gasteiger charge is 2.34. The molecule has 2 aliphatic rings. The Labute approximate surface area is 140 Å². The Morgan fingerprint density at radius 2 is 2.00 bits per heavy atom. The van der Waals surface area contributed by atoms with E-state index in [-0.39, 0.29) is 5.91 Å². The molecule has 2 fully saturated rings. The summed E-state index contributed by atoms with van der Waals surface area (Å²) >= 11 is 0. The van der Waals surface area contributed by atoms with Crippen LogP contribution in [0.2, 0.25) is 0 Å². The number of nitrogens with zero attached hydrogens (tertiary/aromatic N) is 6. The summed E-state index contributed by atoms with van der Waals surface area (Å²) in [6, 6.07) is 2.42. The lowest BCUT2D eigenvalue weighted by Gasteiger charge is -2.31. The van der Waals surface area contributed by atoms with E-state index in [1.165, 1.54) is 12.8 Å². The molecule has 2 aromatic heterocycles. The molecule has 0 unspecified atom stereocenters. The molecule has 0 spiro atoms. The van der Waals surface area contributed by atoms with Crippen molar-refractivity contribution in [2.75, 3.05) is 19.7 Å². The minimum absolute atomic E-state index is 0.184. The highest BCUT2D eigenvalue weighted by Crippen LogP contribution is 2.39. The second-order valence-corrected chi connectivity index (χ2v) is 6.59. The van der Waals surface area contributed by atoms with Crippen molar-refractivity contribution in [3.8, 4) is 0 Å². The van der Waals surface area contributed by atoms with Gasteiger partial charge in [0, 0.05) is 37.4 Å². The summed E-state index contributed by atoms with van der Waals surface area (Å²) in [5.74, 6) is 2.16. The van der Waals surface area contributed by atoms with Crippen LogP contribution < -0.4 is 0 Å². The largest absolute Gasteiger partial charge is 0.387 e. The number of hydrogen-bond acceptors (Lipinski definition) is 5. The molecule has 1 aliphatic heterocycles. The summed E-state index contributed by atoms with van der Waals surface area (Å²) in [5.41, 5.74) is 0. The van der Waals surface area contributed by atoms with E-state index in [1.807, 2.05) is 16.9 Å². The Hall–Kier alpha value is -2.22. The van der Waals surface area contributed by atoms with Crippen molar-refractivity contribution in [3.05, 3.63) is 30.1 Å². The number of piperidine rings is 1. The Bertz CT molecular complexity index is 698. The van der Waals surface area contributed by atoms with Gasteiger partial charge in [0.2, 0.25) is 5.91 Å². The van der Waals surface area contributed by atoms with Gasteiger partial charge in [-0.15, -0.1) is 10.2 Å². The highest BCUT2D eigenvalue weighted by molar-refractivity contribution is 5.77. The Morgan fingerprint density at radius 1 is 1.21 bits per heavy atom. The van der Waals surface area contributed by atoms with E-state index in [1.54, 1.807) is 11.1 Å². The molecule has 0 atom stereocenters. The summed E-state index contributed by atoms with van der Waals surface area (Å²) in [6.07, 6.45) is 7.81. The predicted octanol–water partition coefficient (Wildman–Crippen LogP) is 0.556. The van der Waals surface area contributed by atoms with Crippen LogP contribution in [0.1, 0.15) is 49.3 Å². The van der Waals surface area contributed by atoms with Crippen LogP contribution in [0.25, 0.3) is 0 Å². The van der Waals surface area contributed by atoms with Crippen molar-refractivity contribution in [3.63, 3.8) is 0 Å². The monoisotopic (exact) mass is 330 g/mol. The fourth-order valence-electron chi connectivity index (χ4n) is 3.48. The molecular formula is C16H22N6O2. The zero-order valence-electron chi connectivity index (χ0n) is 13.6. The number of aliphatic hydroxyl groups is 1. The average molecular weight is 330 g/mol. The van der Waals surface area contributed by atoms with Crippen LogP contribution in [-0.2, 0) is 11.3 Å². The van der Waals surface area contributed by atoms with Crippen LogP contribution in [0.5, 0.6) is 0 Å². The minimum atomic E-state index is -0.406. The molecule has 3 heterocycles. The van der Waals surface area contributed by atoms with Gasteiger partial charge >= 0.3 is 0 Å². The van der Waals surface area contributed by atoms with E-state index >= 15 is 0 Å². The molecular weight excluding hydrogens is 308 g/mol. The zero-order chi connectivity index (χ0) is 16.5. The third-order valence-electron chi connectivity index (χ3n) is 4.92. The standard InChI is InChI=1S/C16H22N6O2/c23-11-15(24)20-8-4-12(5-9-20)16-19-18-14(22(16)13-2-3-13)10-21-7-1-6-17-21/h1,6-7,12-13,23H,2-5,8-11H2. The number of carbonyl (C=O) groups is 1. The molecule has 1 N–H and O–H groups in total. The molecule has 4 rings (SSSR count). The molecule has 0 aromatic carbocycles. The van der Waals surface area contributed by atoms with Crippen LogP contribution >= 0.6 is 0 Å². The first-order valence-corrected chi connectivity index (χ1v) is 8.56. The van der Waals surface area contributed by atoms with Gasteiger partial charge in [-0.3, -0.25) is 9.48 Å². The lowest BCUT2D eigenvalue weighted by Crippen LogP contribution is -2.39. The first-order valence-electron chi connectivity index (χ1n) is 8.56. The molecule has 1 saturated carbocycles. The second kappa shape index (κ2) is 6.35. The number of amides is 1.